The van der Waals surface area contributed by atoms with Crippen LogP contribution in [0.4, 0.5) is 0 Å². The van der Waals surface area contributed by atoms with Gasteiger partial charge >= 0.3 is 0 Å². The molecule has 4 atom stereocenters. The van der Waals surface area contributed by atoms with Crippen molar-refractivity contribution >= 4 is 176 Å². The Bertz CT molecular complexity index is 1630. The van der Waals surface area contributed by atoms with E-state index in [1.165, 1.54) is 56.2 Å². The van der Waals surface area contributed by atoms with Crippen LogP contribution in [0.15, 0.2) is 76.4 Å². The zero-order valence-corrected chi connectivity index (χ0v) is 35.3. The molecule has 0 nitrogen and oxygen atoms in total. The highest BCUT2D eigenvalue weighted by molar-refractivity contribution is 8.43. The predicted molar refractivity (Wildman–Crippen MR) is 230 cm³/mol. The predicted octanol–water partition coefficient (Wildman–Crippen LogP) is 14.3. The van der Waals surface area contributed by atoms with Gasteiger partial charge in [0.2, 0.25) is 0 Å². The van der Waals surface area contributed by atoms with E-state index in [0.717, 1.165) is 0 Å². The van der Waals surface area contributed by atoms with Crippen LogP contribution in [0.5, 0.6) is 0 Å². The fraction of sp³-hybridized carbons (Fsp3) is 0.355. The lowest BCUT2D eigenvalue weighted by atomic mass is 9.66. The minimum Gasteiger partial charge on any atom is -0.121 e. The summed E-state index contributed by atoms with van der Waals surface area (Å²) in [5.41, 5.74) is 6.47. The molecule has 1 aromatic rings. The SMILES string of the molecule is CSC1=C(SC)SC(=C2Sc3cc4c(cc3S2)C(=C2SC3=C(SCCS3)S2)C2C(C4=C3SC4=C(SCCS4)S3)[C@@H]3C=C[C@H]2C3)S1. The first kappa shape index (κ1) is 32.0. The van der Waals surface area contributed by atoms with E-state index in [-0.39, 0.29) is 0 Å². The minimum atomic E-state index is 0.592. The monoisotopic (exact) mass is 844 g/mol. The summed E-state index contributed by atoms with van der Waals surface area (Å²) < 4.78 is 15.4. The van der Waals surface area contributed by atoms with Crippen LogP contribution in [0.1, 0.15) is 17.5 Å². The maximum Gasteiger partial charge on any atom is 0.0717 e. The van der Waals surface area contributed by atoms with E-state index in [1.807, 2.05) is 70.6 Å². The van der Waals surface area contributed by atoms with Crippen molar-refractivity contribution in [2.24, 2.45) is 23.7 Å². The molecule has 0 radical (unpaired) electrons. The second-order valence-electron chi connectivity index (χ2n) is 11.2. The van der Waals surface area contributed by atoms with E-state index < -0.39 is 0 Å². The van der Waals surface area contributed by atoms with E-state index in [1.54, 1.807) is 47.7 Å². The highest BCUT2D eigenvalue weighted by Gasteiger charge is 2.54. The second-order valence-corrected chi connectivity index (χ2v) is 28.0. The van der Waals surface area contributed by atoms with Gasteiger partial charge < -0.3 is 0 Å². The van der Waals surface area contributed by atoms with Gasteiger partial charge in [-0.3, -0.25) is 0 Å². The highest BCUT2D eigenvalue weighted by atomic mass is 32.3. The van der Waals surface area contributed by atoms with Crippen LogP contribution in [-0.4, -0.2) is 35.5 Å². The van der Waals surface area contributed by atoms with Crippen molar-refractivity contribution < 1.29 is 0 Å². The van der Waals surface area contributed by atoms with E-state index in [4.69, 9.17) is 0 Å². The fourth-order valence-electron chi connectivity index (χ4n) is 7.19. The molecule has 1 saturated carbocycles. The quantitative estimate of drug-likeness (QED) is 0.259. The maximum absolute atomic E-state index is 2.65. The molecular weight excluding hydrogens is 821 g/mol. The Morgan fingerprint density at radius 3 is 1.29 bits per heavy atom. The summed E-state index contributed by atoms with van der Waals surface area (Å²) in [5.74, 6) is 7.48. The number of fused-ring (bicyclic) bond motifs is 7. The number of hydrogen-bond donors (Lipinski definition) is 0. The second kappa shape index (κ2) is 13.1. The van der Waals surface area contributed by atoms with Crippen LogP contribution in [0.2, 0.25) is 0 Å². The van der Waals surface area contributed by atoms with Gasteiger partial charge in [0, 0.05) is 32.8 Å². The van der Waals surface area contributed by atoms with Crippen molar-refractivity contribution in [3.8, 4) is 0 Å². The summed E-state index contributed by atoms with van der Waals surface area (Å²) in [5, 5.41) is 0. The minimum absolute atomic E-state index is 0.592. The summed E-state index contributed by atoms with van der Waals surface area (Å²) in [7, 11) is 0. The standard InChI is InChI=1S/C31H24S14/c1-32-24-25(33-2)45-31(44-24)30-38-16-10-14-15(11-17(16)39-30)21(23-42-28-29(43-23)37-8-7-36-28)19-13-4-3-12(9-13)18(19)20(14)22-40-26-27(41-22)35-6-5-34-26/h3-4,10-13,18-19H,5-9H2,1-2H3/t12-,13+,18?,19?. The van der Waals surface area contributed by atoms with Gasteiger partial charge in [-0.2, -0.15) is 0 Å². The van der Waals surface area contributed by atoms with Crippen molar-refractivity contribution in [1.29, 1.82) is 0 Å². The topological polar surface area (TPSA) is 0 Å². The van der Waals surface area contributed by atoms with Crippen LogP contribution in [0, 0.1) is 23.7 Å². The Morgan fingerprint density at radius 1 is 0.489 bits per heavy atom. The largest absolute Gasteiger partial charge is 0.121 e. The molecule has 3 aliphatic carbocycles. The number of thioether (sulfide) groups is 14. The Hall–Kier alpha value is 2.30. The van der Waals surface area contributed by atoms with Crippen molar-refractivity contribution in [3.63, 3.8) is 0 Å². The molecule has 45 heavy (non-hydrogen) atoms. The number of rotatable bonds is 2. The molecule has 1 aromatic carbocycles. The lowest BCUT2D eigenvalue weighted by Gasteiger charge is -2.40. The normalized spacial score (nSPS) is 31.6. The first-order chi connectivity index (χ1) is 22.2. The molecular formula is C31H24S14. The molecule has 6 aliphatic heterocycles. The first-order valence-corrected chi connectivity index (χ1v) is 27.4. The third kappa shape index (κ3) is 5.43. The smallest absolute Gasteiger partial charge is 0.0717 e. The van der Waals surface area contributed by atoms with Crippen LogP contribution in [-0.2, 0) is 0 Å². The van der Waals surface area contributed by atoms with E-state index in [9.17, 15) is 0 Å². The van der Waals surface area contributed by atoms with Gasteiger partial charge in [-0.25, -0.2) is 0 Å². The van der Waals surface area contributed by atoms with Gasteiger partial charge in [0.05, 0.1) is 42.4 Å². The van der Waals surface area contributed by atoms with Gasteiger partial charge in [-0.1, -0.05) is 106 Å². The van der Waals surface area contributed by atoms with E-state index >= 15 is 0 Å². The third-order valence-corrected chi connectivity index (χ3v) is 28.8. The van der Waals surface area contributed by atoms with Gasteiger partial charge in [0.1, 0.15) is 0 Å². The van der Waals surface area contributed by atoms with Gasteiger partial charge in [-0.15, -0.1) is 70.6 Å². The summed E-state index contributed by atoms with van der Waals surface area (Å²) in [6, 6.07) is 5.29. The number of benzene rings is 1. The van der Waals surface area contributed by atoms with Gasteiger partial charge in [-0.05, 0) is 77.0 Å². The van der Waals surface area contributed by atoms with Crippen LogP contribution >= 0.6 is 165 Å². The zero-order valence-electron chi connectivity index (χ0n) is 23.9. The van der Waals surface area contributed by atoms with Crippen molar-refractivity contribution in [2.45, 2.75) is 16.2 Å². The molecule has 6 heterocycles. The van der Waals surface area contributed by atoms with Crippen molar-refractivity contribution in [3.05, 3.63) is 77.8 Å². The highest BCUT2D eigenvalue weighted by Crippen LogP contribution is 2.72. The lowest BCUT2D eigenvalue weighted by Crippen LogP contribution is -2.28. The molecule has 0 spiro atoms. The Balaban J connectivity index is 1.13. The van der Waals surface area contributed by atoms with Gasteiger partial charge in [0.15, 0.2) is 0 Å². The molecule has 232 valence electrons. The van der Waals surface area contributed by atoms with E-state index in [0.29, 0.717) is 23.7 Å². The summed E-state index contributed by atoms with van der Waals surface area (Å²) in [6.07, 6.45) is 11.0. The Labute approximate surface area is 324 Å². The summed E-state index contributed by atoms with van der Waals surface area (Å²) in [6.45, 7) is 0. The summed E-state index contributed by atoms with van der Waals surface area (Å²) in [4.78, 5) is 2.94. The third-order valence-electron chi connectivity index (χ3n) is 8.88. The van der Waals surface area contributed by atoms with Crippen molar-refractivity contribution in [1.82, 2.24) is 0 Å². The lowest BCUT2D eigenvalue weighted by molar-refractivity contribution is 0.467. The Kier molecular flexibility index (Phi) is 9.28. The molecule has 0 aromatic heterocycles. The molecule has 0 saturated heterocycles. The molecule has 0 N–H and O–H groups in total. The molecule has 10 rings (SSSR count). The van der Waals surface area contributed by atoms with Crippen LogP contribution in [0.25, 0.3) is 11.1 Å². The molecule has 1 fully saturated rings. The molecule has 2 unspecified atom stereocenters. The van der Waals surface area contributed by atoms with Crippen LogP contribution < -0.4 is 0 Å². The summed E-state index contributed by atoms with van der Waals surface area (Å²) >= 11 is 28.7. The maximum atomic E-state index is 2.65. The van der Waals surface area contributed by atoms with E-state index in [2.05, 4.69) is 131 Å². The molecule has 2 bridgehead atoms. The number of hydrogen-bond acceptors (Lipinski definition) is 14. The molecule has 14 heteroatoms. The zero-order chi connectivity index (χ0) is 29.8. The fourth-order valence-corrected chi connectivity index (χ4v) is 27.3. The molecule has 9 aliphatic rings. The number of allylic oxidation sites excluding steroid dienone is 4. The molecule has 0 amide bonds. The Morgan fingerprint density at radius 2 is 0.889 bits per heavy atom. The van der Waals surface area contributed by atoms with Gasteiger partial charge in [0.25, 0.3) is 0 Å². The average Bonchev–Trinajstić information content (AvgIpc) is 3.91. The van der Waals surface area contributed by atoms with Crippen LogP contribution in [0.3, 0.4) is 0 Å². The average molecular weight is 845 g/mol. The first-order valence-electron chi connectivity index (χ1n) is 14.5. The van der Waals surface area contributed by atoms with Crippen molar-refractivity contribution in [2.75, 3.05) is 35.5 Å².